The lowest BCUT2D eigenvalue weighted by Gasteiger charge is -2.34. The van der Waals surface area contributed by atoms with Crippen LogP contribution >= 0.6 is 0 Å². The summed E-state index contributed by atoms with van der Waals surface area (Å²) in [7, 11) is 0. The Kier molecular flexibility index (Phi) is 8.95. The van der Waals surface area contributed by atoms with E-state index in [2.05, 4.69) is 29.5 Å². The zero-order valence-corrected chi connectivity index (χ0v) is 21.7. The second-order valence-electron chi connectivity index (χ2n) is 10.1. The number of carbonyl (C=O) groups excluding carboxylic acids is 2. The zero-order chi connectivity index (χ0) is 26.1. The molecule has 4 N–H and O–H groups in total. The number of ether oxygens (including phenoxy) is 1. The quantitative estimate of drug-likeness (QED) is 0.340. The van der Waals surface area contributed by atoms with E-state index in [1.54, 1.807) is 23.6 Å². The lowest BCUT2D eigenvalue weighted by atomic mass is 9.80. The van der Waals surface area contributed by atoms with Crippen LogP contribution in [0.1, 0.15) is 56.3 Å². The van der Waals surface area contributed by atoms with E-state index in [0.717, 1.165) is 36.3 Å². The molecule has 1 aliphatic rings. The van der Waals surface area contributed by atoms with Crippen molar-refractivity contribution in [3.05, 3.63) is 66.7 Å². The van der Waals surface area contributed by atoms with Crippen molar-refractivity contribution in [3.63, 3.8) is 0 Å². The molecule has 2 aromatic carbocycles. The van der Waals surface area contributed by atoms with Crippen LogP contribution in [0.5, 0.6) is 5.75 Å². The number of oxazole rings is 1. The number of hydrogen-bond donors (Lipinski definition) is 3. The van der Waals surface area contributed by atoms with Crippen LogP contribution in [0.2, 0.25) is 0 Å². The van der Waals surface area contributed by atoms with Gasteiger partial charge in [-0.25, -0.2) is 9.78 Å². The van der Waals surface area contributed by atoms with Crippen LogP contribution in [0.3, 0.4) is 0 Å². The minimum absolute atomic E-state index is 0.00179. The van der Waals surface area contributed by atoms with Crippen molar-refractivity contribution in [2.75, 3.05) is 25.0 Å². The molecular formula is C29H37N4O4+. The molecule has 196 valence electrons. The molecule has 1 saturated carbocycles. The summed E-state index contributed by atoms with van der Waals surface area (Å²) in [5, 5.41) is 8.18. The highest BCUT2D eigenvalue weighted by Crippen LogP contribution is 2.28. The van der Waals surface area contributed by atoms with Gasteiger partial charge in [0.05, 0.1) is 25.9 Å². The normalized spacial score (nSPS) is 14.8. The summed E-state index contributed by atoms with van der Waals surface area (Å²) in [5.74, 6) is 1.74. The number of nitrogens with zero attached hydrogens (tertiary/aromatic N) is 1. The van der Waals surface area contributed by atoms with E-state index in [-0.39, 0.29) is 11.8 Å². The van der Waals surface area contributed by atoms with Crippen molar-refractivity contribution in [2.24, 2.45) is 5.92 Å². The summed E-state index contributed by atoms with van der Waals surface area (Å²) in [4.78, 5) is 30.4. The van der Waals surface area contributed by atoms with E-state index in [4.69, 9.17) is 9.15 Å². The topological polar surface area (TPSA) is 110 Å². The van der Waals surface area contributed by atoms with Gasteiger partial charge in [-0.15, -0.1) is 0 Å². The standard InChI is InChI=1S/C29H36N4O4/c1-21(2)19-36-25-12-10-24(11-13-25)31-16-17-32-28(35)29(14-4-3-5-15-29)33-27(34)23-8-6-22(7-9-23)26-18-30-20-37-26/h6-13,18,20-21,31H,3-5,14-17,19H2,1-2H3,(H,32,35)(H,33,34)/p+1. The Morgan fingerprint density at radius 2 is 1.78 bits per heavy atom. The van der Waals surface area contributed by atoms with Crippen LogP contribution in [0.4, 0.5) is 5.69 Å². The number of nitrogens with two attached hydrogens (primary N) is 1. The highest BCUT2D eigenvalue weighted by Gasteiger charge is 2.43. The third-order valence-corrected chi connectivity index (χ3v) is 6.64. The van der Waals surface area contributed by atoms with E-state index in [0.29, 0.717) is 49.8 Å². The van der Waals surface area contributed by atoms with Gasteiger partial charge >= 0.3 is 5.91 Å². The maximum atomic E-state index is 13.3. The minimum Gasteiger partial charge on any atom is -0.493 e. The molecule has 8 heteroatoms. The van der Waals surface area contributed by atoms with Gasteiger partial charge in [0.2, 0.25) is 0 Å². The first-order valence-corrected chi connectivity index (χ1v) is 13.1. The molecule has 0 aliphatic heterocycles. The van der Waals surface area contributed by atoms with Crippen molar-refractivity contribution in [1.29, 1.82) is 0 Å². The first-order chi connectivity index (χ1) is 17.9. The highest BCUT2D eigenvalue weighted by molar-refractivity contribution is 5.98. The third-order valence-electron chi connectivity index (χ3n) is 6.64. The van der Waals surface area contributed by atoms with Gasteiger partial charge in [-0.05, 0) is 55.2 Å². The van der Waals surface area contributed by atoms with Gasteiger partial charge < -0.3 is 19.8 Å². The summed E-state index contributed by atoms with van der Waals surface area (Å²) >= 11 is 0. The van der Waals surface area contributed by atoms with Gasteiger partial charge in [0.25, 0.3) is 5.91 Å². The van der Waals surface area contributed by atoms with Crippen LogP contribution in [0.25, 0.3) is 11.3 Å². The molecule has 0 spiro atoms. The average molecular weight is 506 g/mol. The molecule has 1 heterocycles. The number of primary amides is 1. The van der Waals surface area contributed by atoms with Gasteiger partial charge in [-0.1, -0.05) is 45.2 Å². The molecule has 0 atom stereocenters. The zero-order valence-electron chi connectivity index (χ0n) is 21.7. The molecule has 1 aromatic heterocycles. The lowest BCUT2D eigenvalue weighted by molar-refractivity contribution is -0.570. The molecular weight excluding hydrogens is 468 g/mol. The Hall–Kier alpha value is -3.65. The number of carbonyl (C=O) groups is 2. The van der Waals surface area contributed by atoms with E-state index in [1.807, 2.05) is 36.4 Å². The van der Waals surface area contributed by atoms with Crippen LogP contribution in [0.15, 0.2) is 65.5 Å². The number of nitrogens with one attached hydrogen (secondary N) is 2. The summed E-state index contributed by atoms with van der Waals surface area (Å²) < 4.78 is 11.0. The molecule has 1 aliphatic carbocycles. The Labute approximate surface area is 218 Å². The smallest absolute Gasteiger partial charge is 0.336 e. The van der Waals surface area contributed by atoms with Gasteiger partial charge in [0, 0.05) is 16.8 Å². The number of quaternary nitrogens is 1. The molecule has 2 amide bonds. The maximum Gasteiger partial charge on any atom is 0.336 e. The second-order valence-corrected chi connectivity index (χ2v) is 10.1. The lowest BCUT2D eigenvalue weighted by Crippen LogP contribution is -2.94. The van der Waals surface area contributed by atoms with Gasteiger partial charge in [0.1, 0.15) is 5.75 Å². The summed E-state index contributed by atoms with van der Waals surface area (Å²) in [6.07, 6.45) is 7.26. The fourth-order valence-corrected chi connectivity index (χ4v) is 4.57. The van der Waals surface area contributed by atoms with Crippen LogP contribution in [-0.4, -0.2) is 42.0 Å². The van der Waals surface area contributed by atoms with Crippen molar-refractivity contribution in [3.8, 4) is 17.1 Å². The number of benzene rings is 2. The molecule has 0 saturated heterocycles. The Bertz CT molecular complexity index is 1140. The fourth-order valence-electron chi connectivity index (χ4n) is 4.57. The molecule has 8 nitrogen and oxygen atoms in total. The predicted molar refractivity (Wildman–Crippen MR) is 142 cm³/mol. The molecule has 4 rings (SSSR count). The number of amides is 2. The van der Waals surface area contributed by atoms with E-state index < -0.39 is 5.54 Å². The number of rotatable bonds is 11. The first kappa shape index (κ1) is 26.4. The largest absolute Gasteiger partial charge is 0.493 e. The van der Waals surface area contributed by atoms with Crippen LogP contribution in [0, 0.1) is 5.92 Å². The van der Waals surface area contributed by atoms with Crippen LogP contribution in [-0.2, 0) is 4.79 Å². The van der Waals surface area contributed by atoms with Crippen molar-refractivity contribution in [1.82, 2.24) is 10.3 Å². The van der Waals surface area contributed by atoms with E-state index in [9.17, 15) is 9.59 Å². The van der Waals surface area contributed by atoms with Gasteiger partial charge in [0.15, 0.2) is 17.7 Å². The predicted octanol–water partition coefficient (Wildman–Crippen LogP) is 4.01. The maximum absolute atomic E-state index is 13.3. The van der Waals surface area contributed by atoms with Crippen molar-refractivity contribution >= 4 is 17.5 Å². The fraction of sp³-hybridized carbons (Fsp3) is 0.414. The SMILES string of the molecule is CC(C)COc1ccc(NCC[NH2+]C(=O)C2(NC(=O)c3ccc(-c4cnco4)cc3)CCCCC2)cc1. The molecule has 0 bridgehead atoms. The Morgan fingerprint density at radius 3 is 2.43 bits per heavy atom. The van der Waals surface area contributed by atoms with Gasteiger partial charge in [-0.2, -0.15) is 0 Å². The number of aromatic nitrogens is 1. The summed E-state index contributed by atoms with van der Waals surface area (Å²) in [5.41, 5.74) is 1.50. The summed E-state index contributed by atoms with van der Waals surface area (Å²) in [6, 6.07) is 15.0. The highest BCUT2D eigenvalue weighted by atomic mass is 16.5. The number of anilines is 1. The molecule has 0 unspecified atom stereocenters. The minimum atomic E-state index is -0.839. The average Bonchev–Trinajstić information content (AvgIpc) is 3.46. The Balaban J connectivity index is 1.30. The van der Waals surface area contributed by atoms with Crippen LogP contribution < -0.4 is 20.7 Å². The molecule has 0 radical (unpaired) electrons. The second kappa shape index (κ2) is 12.5. The Morgan fingerprint density at radius 1 is 1.05 bits per heavy atom. The van der Waals surface area contributed by atoms with Crippen molar-refractivity contribution in [2.45, 2.75) is 51.5 Å². The van der Waals surface area contributed by atoms with E-state index >= 15 is 0 Å². The first-order valence-electron chi connectivity index (χ1n) is 13.1. The summed E-state index contributed by atoms with van der Waals surface area (Å²) in [6.45, 7) is 6.14. The van der Waals surface area contributed by atoms with Crippen molar-refractivity contribution < 1.29 is 24.1 Å². The molecule has 37 heavy (non-hydrogen) atoms. The molecule has 3 aromatic rings. The molecule has 1 fully saturated rings. The van der Waals surface area contributed by atoms with Gasteiger partial charge in [-0.3, -0.25) is 10.1 Å². The monoisotopic (exact) mass is 505 g/mol. The van der Waals surface area contributed by atoms with E-state index in [1.165, 1.54) is 6.39 Å². The number of hydrogen-bond acceptors (Lipinski definition) is 6. The third kappa shape index (κ3) is 7.20.